The summed E-state index contributed by atoms with van der Waals surface area (Å²) in [6.45, 7) is 6.70. The molecule has 1 aromatic rings. The lowest BCUT2D eigenvalue weighted by molar-refractivity contribution is 0.0121. The van der Waals surface area contributed by atoms with Crippen LogP contribution < -0.4 is 5.73 Å². The Balaban J connectivity index is 1.96. The van der Waals surface area contributed by atoms with Crippen molar-refractivity contribution in [2.24, 2.45) is 5.73 Å². The van der Waals surface area contributed by atoms with E-state index >= 15 is 0 Å². The van der Waals surface area contributed by atoms with Gasteiger partial charge in [0.05, 0.1) is 12.7 Å². The highest BCUT2D eigenvalue weighted by Gasteiger charge is 2.24. The van der Waals surface area contributed by atoms with Crippen LogP contribution in [0.5, 0.6) is 0 Å². The number of hydrogen-bond donors (Lipinski definition) is 1. The lowest BCUT2D eigenvalue weighted by atomic mass is 10.0. The van der Waals surface area contributed by atoms with Gasteiger partial charge in [-0.05, 0) is 38.3 Å². The second kappa shape index (κ2) is 6.86. The molecule has 2 N–H and O–H groups in total. The largest absolute Gasteiger partial charge is 0.377 e. The lowest BCUT2D eigenvalue weighted by Crippen LogP contribution is -2.41. The Morgan fingerprint density at radius 1 is 1.35 bits per heavy atom. The van der Waals surface area contributed by atoms with E-state index in [1.54, 1.807) is 0 Å². The molecule has 0 aliphatic carbocycles. The molecule has 0 bridgehead atoms. The zero-order chi connectivity index (χ0) is 14.5. The first-order chi connectivity index (χ1) is 9.61. The molecule has 1 saturated heterocycles. The first-order valence-corrected chi connectivity index (χ1v) is 7.30. The Bertz CT molecular complexity index is 466. The topological polar surface area (TPSA) is 55.6 Å². The molecule has 1 amide bonds. The summed E-state index contributed by atoms with van der Waals surface area (Å²) < 4.78 is 5.65. The van der Waals surface area contributed by atoms with Crippen LogP contribution in [0.2, 0.25) is 0 Å². The third-order valence-corrected chi connectivity index (χ3v) is 3.82. The van der Waals surface area contributed by atoms with Gasteiger partial charge in [0.1, 0.15) is 0 Å². The molecule has 0 radical (unpaired) electrons. The van der Waals surface area contributed by atoms with Crippen molar-refractivity contribution in [1.29, 1.82) is 0 Å². The van der Waals surface area contributed by atoms with E-state index in [9.17, 15) is 4.79 Å². The fourth-order valence-electron chi connectivity index (χ4n) is 2.60. The van der Waals surface area contributed by atoms with Crippen LogP contribution >= 0.6 is 0 Å². The van der Waals surface area contributed by atoms with Crippen molar-refractivity contribution < 1.29 is 9.53 Å². The fourth-order valence-corrected chi connectivity index (χ4v) is 2.60. The van der Waals surface area contributed by atoms with Gasteiger partial charge in [-0.25, -0.2) is 0 Å². The average Bonchev–Trinajstić information content (AvgIpc) is 2.47. The van der Waals surface area contributed by atoms with E-state index in [4.69, 9.17) is 10.5 Å². The van der Waals surface area contributed by atoms with Crippen LogP contribution in [0.4, 0.5) is 0 Å². The molecule has 1 fully saturated rings. The number of nitrogens with zero attached hydrogens (tertiary/aromatic N) is 1. The molecule has 0 unspecified atom stereocenters. The Morgan fingerprint density at radius 3 is 2.70 bits per heavy atom. The van der Waals surface area contributed by atoms with Gasteiger partial charge in [0.15, 0.2) is 0 Å². The van der Waals surface area contributed by atoms with Crippen molar-refractivity contribution in [3.8, 4) is 0 Å². The maximum Gasteiger partial charge on any atom is 0.254 e. The number of amides is 1. The van der Waals surface area contributed by atoms with Gasteiger partial charge >= 0.3 is 0 Å². The Hall–Kier alpha value is -1.39. The molecule has 20 heavy (non-hydrogen) atoms. The van der Waals surface area contributed by atoms with Crippen LogP contribution in [0, 0.1) is 13.8 Å². The molecule has 1 heterocycles. The number of benzene rings is 1. The lowest BCUT2D eigenvalue weighted by Gasteiger charge is -2.32. The van der Waals surface area contributed by atoms with Crippen LogP contribution in [0.25, 0.3) is 0 Å². The maximum atomic E-state index is 12.6. The minimum Gasteiger partial charge on any atom is -0.377 e. The summed E-state index contributed by atoms with van der Waals surface area (Å²) in [4.78, 5) is 14.5. The number of carbonyl (C=O) groups is 1. The Labute approximate surface area is 120 Å². The highest BCUT2D eigenvalue weighted by atomic mass is 16.5. The Kier molecular flexibility index (Phi) is 5.15. The minimum atomic E-state index is 0.142. The molecule has 1 aromatic carbocycles. The monoisotopic (exact) mass is 276 g/mol. The average molecular weight is 276 g/mol. The second-order valence-corrected chi connectivity index (χ2v) is 5.47. The van der Waals surface area contributed by atoms with Gasteiger partial charge < -0.3 is 15.4 Å². The van der Waals surface area contributed by atoms with Crippen LogP contribution in [-0.4, -0.2) is 43.2 Å². The molecule has 4 heteroatoms. The van der Waals surface area contributed by atoms with Crippen LogP contribution in [-0.2, 0) is 4.74 Å². The van der Waals surface area contributed by atoms with Crippen LogP contribution in [0.15, 0.2) is 18.2 Å². The molecule has 1 aliphatic rings. The molecule has 1 aliphatic heterocycles. The van der Waals surface area contributed by atoms with Gasteiger partial charge in [0, 0.05) is 25.2 Å². The zero-order valence-electron chi connectivity index (χ0n) is 12.4. The Morgan fingerprint density at radius 2 is 2.05 bits per heavy atom. The summed E-state index contributed by atoms with van der Waals surface area (Å²) >= 11 is 0. The van der Waals surface area contributed by atoms with Gasteiger partial charge in [-0.15, -0.1) is 0 Å². The first-order valence-electron chi connectivity index (χ1n) is 7.30. The van der Waals surface area contributed by atoms with Gasteiger partial charge in [0.25, 0.3) is 5.91 Å². The van der Waals surface area contributed by atoms with Gasteiger partial charge in [-0.2, -0.15) is 0 Å². The summed E-state index contributed by atoms with van der Waals surface area (Å²) in [5.41, 5.74) is 8.43. The van der Waals surface area contributed by atoms with Gasteiger partial charge in [0.2, 0.25) is 0 Å². The van der Waals surface area contributed by atoms with Crippen LogP contribution in [0.1, 0.15) is 34.3 Å². The van der Waals surface area contributed by atoms with Crippen molar-refractivity contribution in [2.75, 3.05) is 26.2 Å². The maximum absolute atomic E-state index is 12.6. The normalized spacial score (nSPS) is 16.4. The predicted molar refractivity (Wildman–Crippen MR) is 79.8 cm³/mol. The molecule has 0 saturated carbocycles. The van der Waals surface area contributed by atoms with E-state index in [0.29, 0.717) is 13.2 Å². The van der Waals surface area contributed by atoms with Gasteiger partial charge in [-0.1, -0.05) is 17.7 Å². The predicted octanol–water partition coefficient (Wildman–Crippen LogP) is 1.88. The van der Waals surface area contributed by atoms with E-state index in [1.807, 2.05) is 36.9 Å². The summed E-state index contributed by atoms with van der Waals surface area (Å²) in [7, 11) is 0. The van der Waals surface area contributed by atoms with E-state index in [1.165, 1.54) is 0 Å². The van der Waals surface area contributed by atoms with Crippen molar-refractivity contribution >= 4 is 5.91 Å². The first kappa shape index (κ1) is 15.0. The fraction of sp³-hybridized carbons (Fsp3) is 0.562. The quantitative estimate of drug-likeness (QED) is 0.913. The molecule has 0 aromatic heterocycles. The van der Waals surface area contributed by atoms with E-state index in [0.717, 1.165) is 42.6 Å². The summed E-state index contributed by atoms with van der Waals surface area (Å²) in [6, 6.07) is 6.04. The van der Waals surface area contributed by atoms with Crippen molar-refractivity contribution in [2.45, 2.75) is 32.8 Å². The standard InChI is InChI=1S/C16H24N2O2/c1-12-3-4-13(2)15(11-12)16(19)18-8-5-14(6-9-18)20-10-7-17/h3-4,11,14H,5-10,17H2,1-2H3. The molecular weight excluding hydrogens is 252 g/mol. The van der Waals surface area contributed by atoms with Crippen molar-refractivity contribution in [1.82, 2.24) is 4.90 Å². The molecule has 110 valence electrons. The van der Waals surface area contributed by atoms with E-state index < -0.39 is 0 Å². The molecule has 0 spiro atoms. The number of likely N-dealkylation sites (tertiary alicyclic amines) is 1. The SMILES string of the molecule is Cc1ccc(C)c(C(=O)N2CCC(OCCN)CC2)c1. The highest BCUT2D eigenvalue weighted by Crippen LogP contribution is 2.18. The number of carbonyl (C=O) groups excluding carboxylic acids is 1. The highest BCUT2D eigenvalue weighted by molar-refractivity contribution is 5.95. The number of ether oxygens (including phenoxy) is 1. The van der Waals surface area contributed by atoms with Crippen molar-refractivity contribution in [3.63, 3.8) is 0 Å². The molecule has 2 rings (SSSR count). The van der Waals surface area contributed by atoms with E-state index in [-0.39, 0.29) is 12.0 Å². The summed E-state index contributed by atoms with van der Waals surface area (Å²) in [6.07, 6.45) is 2.05. The third kappa shape index (κ3) is 3.58. The number of hydrogen-bond acceptors (Lipinski definition) is 3. The second-order valence-electron chi connectivity index (χ2n) is 5.47. The minimum absolute atomic E-state index is 0.142. The third-order valence-electron chi connectivity index (χ3n) is 3.82. The number of rotatable bonds is 4. The van der Waals surface area contributed by atoms with Gasteiger partial charge in [-0.3, -0.25) is 4.79 Å². The van der Waals surface area contributed by atoms with Crippen molar-refractivity contribution in [3.05, 3.63) is 34.9 Å². The smallest absolute Gasteiger partial charge is 0.254 e. The van der Waals surface area contributed by atoms with Crippen LogP contribution in [0.3, 0.4) is 0 Å². The molecule has 4 nitrogen and oxygen atoms in total. The number of piperidine rings is 1. The summed E-state index contributed by atoms with van der Waals surface area (Å²) in [5.74, 6) is 0.142. The summed E-state index contributed by atoms with van der Waals surface area (Å²) in [5, 5.41) is 0. The molecule has 0 atom stereocenters. The molecular formula is C16H24N2O2. The number of aryl methyl sites for hydroxylation is 2. The number of nitrogens with two attached hydrogens (primary N) is 1. The zero-order valence-corrected chi connectivity index (χ0v) is 12.4. The van der Waals surface area contributed by atoms with E-state index in [2.05, 4.69) is 0 Å².